The third kappa shape index (κ3) is 3.24. The molecule has 2 N–H and O–H groups in total. The number of nitrogens with zero attached hydrogens (tertiary/aromatic N) is 2. The van der Waals surface area contributed by atoms with Crippen LogP contribution < -0.4 is 16.0 Å². The van der Waals surface area contributed by atoms with Gasteiger partial charge in [-0.1, -0.05) is 6.08 Å². The Morgan fingerprint density at radius 3 is 2.27 bits per heavy atom. The second kappa shape index (κ2) is 6.28. The van der Waals surface area contributed by atoms with E-state index in [1.54, 1.807) is 0 Å². The zero-order valence-electron chi connectivity index (χ0n) is 14.4. The molecular weight excluding hydrogens is 360 g/mol. The van der Waals surface area contributed by atoms with Gasteiger partial charge in [-0.15, -0.1) is 0 Å². The molecular formula is C21H18CrN4. The van der Waals surface area contributed by atoms with E-state index in [0.717, 1.165) is 45.6 Å². The van der Waals surface area contributed by atoms with Gasteiger partial charge < -0.3 is 10.3 Å². The molecule has 0 fully saturated rings. The van der Waals surface area contributed by atoms with E-state index in [0.29, 0.717) is 0 Å². The third-order valence-electron chi connectivity index (χ3n) is 4.65. The number of fused-ring (bicyclic) bond motifs is 6. The zero-order chi connectivity index (χ0) is 16.9. The molecule has 26 heavy (non-hydrogen) atoms. The van der Waals surface area contributed by atoms with Crippen molar-refractivity contribution in [3.05, 3.63) is 82.5 Å². The van der Waals surface area contributed by atoms with Crippen molar-refractivity contribution in [1.29, 1.82) is 0 Å². The summed E-state index contributed by atoms with van der Waals surface area (Å²) in [4.78, 5) is 12.8. The first-order valence-corrected chi connectivity index (χ1v) is 8.49. The van der Waals surface area contributed by atoms with Crippen LogP contribution in [-0.4, -0.2) is 21.9 Å². The van der Waals surface area contributed by atoms with E-state index in [1.807, 2.05) is 12.2 Å². The molecule has 1 aromatic rings. The maximum Gasteiger partial charge on any atom is 0.0658 e. The smallest absolute Gasteiger partial charge is 0.0658 e. The number of aromatic amines is 1. The summed E-state index contributed by atoms with van der Waals surface area (Å²) in [5.41, 5.74) is 4.86. The van der Waals surface area contributed by atoms with Crippen molar-refractivity contribution in [3.8, 4) is 0 Å². The summed E-state index contributed by atoms with van der Waals surface area (Å²) in [5, 5.41) is 5.66. The molecule has 5 heterocycles. The summed E-state index contributed by atoms with van der Waals surface area (Å²) in [6.07, 6.45) is 19.8. The van der Waals surface area contributed by atoms with Crippen LogP contribution in [-0.2, 0) is 17.4 Å². The van der Waals surface area contributed by atoms with Crippen molar-refractivity contribution < 1.29 is 17.4 Å². The third-order valence-corrected chi connectivity index (χ3v) is 4.65. The molecule has 4 aliphatic rings. The molecule has 0 saturated carbocycles. The Hall–Kier alpha value is -2.61. The number of allylic oxidation sites excluding steroid dienone is 5. The van der Waals surface area contributed by atoms with Gasteiger partial charge >= 0.3 is 0 Å². The SMILES string of the molecule is CC12C=C3C=CC(=N3)C=c3ccc([nH]3)=CC3=NC(=CC(=CC1)N2)C=C3.[Cr]. The molecule has 128 valence electrons. The van der Waals surface area contributed by atoms with Crippen LogP contribution in [0.1, 0.15) is 13.3 Å². The summed E-state index contributed by atoms with van der Waals surface area (Å²) in [6, 6.07) is 4.12. The molecule has 8 bridgehead atoms. The average Bonchev–Trinajstić information content (AvgIpc) is 3.32. The molecule has 0 amide bonds. The van der Waals surface area contributed by atoms with Crippen LogP contribution in [0.5, 0.6) is 0 Å². The fraction of sp³-hybridized carbons (Fsp3) is 0.143. The van der Waals surface area contributed by atoms with E-state index in [2.05, 4.69) is 76.9 Å². The maximum atomic E-state index is 4.72. The monoisotopic (exact) mass is 378 g/mol. The van der Waals surface area contributed by atoms with Crippen LogP contribution in [0.3, 0.4) is 0 Å². The molecule has 1 aromatic heterocycles. The predicted molar refractivity (Wildman–Crippen MR) is 103 cm³/mol. The molecule has 4 nitrogen and oxygen atoms in total. The topological polar surface area (TPSA) is 52.5 Å². The van der Waals surface area contributed by atoms with Crippen molar-refractivity contribution in [2.24, 2.45) is 9.98 Å². The fourth-order valence-corrected chi connectivity index (χ4v) is 3.46. The van der Waals surface area contributed by atoms with Crippen LogP contribution in [0, 0.1) is 0 Å². The number of rotatable bonds is 0. The second-order valence-corrected chi connectivity index (χ2v) is 6.94. The Morgan fingerprint density at radius 2 is 1.54 bits per heavy atom. The van der Waals surface area contributed by atoms with Crippen LogP contribution >= 0.6 is 0 Å². The summed E-state index contributed by atoms with van der Waals surface area (Å²) >= 11 is 0. The molecule has 0 saturated heterocycles. The van der Waals surface area contributed by atoms with Gasteiger partial charge in [-0.25, -0.2) is 9.98 Å². The molecule has 0 spiro atoms. The Balaban J connectivity index is 0.00000168. The number of hydrogen-bond acceptors (Lipinski definition) is 3. The van der Waals surface area contributed by atoms with Gasteiger partial charge in [0, 0.05) is 33.8 Å². The van der Waals surface area contributed by atoms with E-state index < -0.39 is 0 Å². The largest absolute Gasteiger partial charge is 0.376 e. The van der Waals surface area contributed by atoms with Crippen LogP contribution in [0.2, 0.25) is 0 Å². The normalized spacial score (nSPS) is 25.0. The molecule has 1 unspecified atom stereocenters. The standard InChI is InChI=1S/C21H18N4.Cr/c1-21-9-8-19(25-21)12-18-5-4-15(23-18)10-14-2-3-16(22-14)11-17-6-7-20(13-21)24-17;/h2-8,10-13,22,25H,9H2,1H3;. The molecule has 5 rings (SSSR count). The van der Waals surface area contributed by atoms with Crippen molar-refractivity contribution in [2.75, 3.05) is 0 Å². The Labute approximate surface area is 162 Å². The van der Waals surface area contributed by atoms with E-state index in [1.165, 1.54) is 0 Å². The first-order chi connectivity index (χ1) is 12.1. The predicted octanol–water partition coefficient (Wildman–Crippen LogP) is 2.01. The quantitative estimate of drug-likeness (QED) is 0.713. The van der Waals surface area contributed by atoms with Gasteiger partial charge in [-0.05, 0) is 74.1 Å². The number of aliphatic imine (C=N–C) groups is 2. The number of H-pyrrole nitrogens is 1. The maximum absolute atomic E-state index is 4.72. The molecule has 0 radical (unpaired) electrons. The zero-order valence-corrected chi connectivity index (χ0v) is 15.6. The number of hydrogen-bond donors (Lipinski definition) is 2. The summed E-state index contributed by atoms with van der Waals surface area (Å²) in [6.45, 7) is 2.19. The summed E-state index contributed by atoms with van der Waals surface area (Å²) < 4.78 is 0. The minimum absolute atomic E-state index is 0. The van der Waals surface area contributed by atoms with Crippen LogP contribution in [0.15, 0.2) is 81.7 Å². The van der Waals surface area contributed by atoms with Gasteiger partial charge in [-0.2, -0.15) is 0 Å². The number of nitrogens with one attached hydrogen (secondary N) is 2. The van der Waals surface area contributed by atoms with Crippen molar-refractivity contribution >= 4 is 23.6 Å². The molecule has 5 heteroatoms. The summed E-state index contributed by atoms with van der Waals surface area (Å²) in [5.74, 6) is 0. The van der Waals surface area contributed by atoms with Gasteiger partial charge in [0.05, 0.1) is 28.4 Å². The van der Waals surface area contributed by atoms with Crippen LogP contribution in [0.25, 0.3) is 12.2 Å². The molecule has 0 aromatic carbocycles. The van der Waals surface area contributed by atoms with Crippen molar-refractivity contribution in [1.82, 2.24) is 10.3 Å². The minimum Gasteiger partial charge on any atom is -0.376 e. The Morgan fingerprint density at radius 1 is 0.885 bits per heavy atom. The number of aromatic nitrogens is 1. The van der Waals surface area contributed by atoms with E-state index >= 15 is 0 Å². The fourth-order valence-electron chi connectivity index (χ4n) is 3.46. The second-order valence-electron chi connectivity index (χ2n) is 6.94. The Kier molecular flexibility index (Phi) is 4.07. The average molecular weight is 378 g/mol. The van der Waals surface area contributed by atoms with Gasteiger partial charge in [0.15, 0.2) is 0 Å². The molecule has 0 aliphatic carbocycles. The van der Waals surface area contributed by atoms with E-state index in [9.17, 15) is 0 Å². The van der Waals surface area contributed by atoms with E-state index in [4.69, 9.17) is 4.99 Å². The Bertz CT molecular complexity index is 1110. The van der Waals surface area contributed by atoms with Crippen LogP contribution in [0.4, 0.5) is 0 Å². The van der Waals surface area contributed by atoms with Gasteiger partial charge in [0.25, 0.3) is 0 Å². The van der Waals surface area contributed by atoms with Gasteiger partial charge in [0.1, 0.15) is 0 Å². The first kappa shape index (κ1) is 16.8. The molecule has 4 aliphatic heterocycles. The summed E-state index contributed by atoms with van der Waals surface area (Å²) in [7, 11) is 0. The minimum atomic E-state index is -0.122. The first-order valence-electron chi connectivity index (χ1n) is 8.49. The van der Waals surface area contributed by atoms with Crippen molar-refractivity contribution in [3.63, 3.8) is 0 Å². The van der Waals surface area contributed by atoms with Gasteiger partial charge in [0.2, 0.25) is 0 Å². The van der Waals surface area contributed by atoms with Gasteiger partial charge in [-0.3, -0.25) is 0 Å². The van der Waals surface area contributed by atoms with E-state index in [-0.39, 0.29) is 22.9 Å². The van der Waals surface area contributed by atoms with Crippen molar-refractivity contribution in [2.45, 2.75) is 18.9 Å². The molecule has 1 atom stereocenters.